The number of alkyl halides is 3. The Morgan fingerprint density at radius 1 is 1.31 bits per heavy atom. The zero-order chi connectivity index (χ0) is 9.47. The smallest absolute Gasteiger partial charge is 0.233 e. The molecule has 0 saturated heterocycles. The number of hydrogen-bond acceptors (Lipinski definition) is 2. The summed E-state index contributed by atoms with van der Waals surface area (Å²) in [5, 5.41) is 0. The molecule has 67 valence electrons. The van der Waals surface area contributed by atoms with Crippen molar-refractivity contribution in [1.82, 2.24) is 4.98 Å². The van der Waals surface area contributed by atoms with E-state index in [4.69, 9.17) is 0 Å². The van der Waals surface area contributed by atoms with Crippen LogP contribution >= 0.6 is 11.3 Å². The summed E-state index contributed by atoms with van der Waals surface area (Å²) in [5.74, 6) is 0. The van der Waals surface area contributed by atoms with Gasteiger partial charge in [0.1, 0.15) is 0 Å². The quantitative estimate of drug-likeness (QED) is 0.639. The molecule has 2 rings (SSSR count). The zero-order valence-corrected chi connectivity index (χ0v) is 7.04. The van der Waals surface area contributed by atoms with Gasteiger partial charge in [-0.15, -0.1) is 11.3 Å². The third kappa shape index (κ3) is 1.39. The van der Waals surface area contributed by atoms with Crippen LogP contribution in [0.2, 0.25) is 0 Å². The molecule has 0 atom stereocenters. The fourth-order valence-electron chi connectivity index (χ4n) is 1.07. The van der Waals surface area contributed by atoms with E-state index in [1.54, 1.807) is 6.07 Å². The van der Waals surface area contributed by atoms with Gasteiger partial charge in [0.2, 0.25) is 0 Å². The van der Waals surface area contributed by atoms with Crippen LogP contribution in [0.15, 0.2) is 18.2 Å². The number of thiazole rings is 1. The van der Waals surface area contributed by atoms with Crippen molar-refractivity contribution in [3.8, 4) is 0 Å². The Morgan fingerprint density at radius 2 is 2.08 bits per heavy atom. The van der Waals surface area contributed by atoms with E-state index in [0.29, 0.717) is 4.70 Å². The summed E-state index contributed by atoms with van der Waals surface area (Å²) in [6.07, 6.45) is -4.33. The average Bonchev–Trinajstić information content (AvgIpc) is 2.48. The molecule has 0 spiro atoms. The topological polar surface area (TPSA) is 12.9 Å². The molecule has 0 bridgehead atoms. The van der Waals surface area contributed by atoms with Crippen LogP contribution in [0.1, 0.15) is 5.56 Å². The molecule has 0 saturated carbocycles. The Hall–Kier alpha value is -1.10. The van der Waals surface area contributed by atoms with Gasteiger partial charge in [-0.3, -0.25) is 0 Å². The molecule has 0 aliphatic rings. The van der Waals surface area contributed by atoms with Crippen molar-refractivity contribution < 1.29 is 13.2 Å². The van der Waals surface area contributed by atoms with Gasteiger partial charge in [0.05, 0.1) is 15.8 Å². The van der Waals surface area contributed by atoms with Crippen LogP contribution in [0.3, 0.4) is 0 Å². The third-order valence-corrected chi connectivity index (χ3v) is 2.35. The summed E-state index contributed by atoms with van der Waals surface area (Å²) >= 11 is 1.08. The molecule has 1 nitrogen and oxygen atoms in total. The van der Waals surface area contributed by atoms with Crippen molar-refractivity contribution in [2.45, 2.75) is 6.18 Å². The van der Waals surface area contributed by atoms with Crippen LogP contribution in [0.5, 0.6) is 0 Å². The molecule has 5 heteroatoms. The summed E-state index contributed by atoms with van der Waals surface area (Å²) in [7, 11) is 0. The maximum atomic E-state index is 12.3. The lowest BCUT2D eigenvalue weighted by Gasteiger charge is -2.05. The van der Waals surface area contributed by atoms with Crippen LogP contribution in [-0.2, 0) is 6.18 Å². The first-order chi connectivity index (χ1) is 6.09. The van der Waals surface area contributed by atoms with Gasteiger partial charge >= 0.3 is 6.18 Å². The summed E-state index contributed by atoms with van der Waals surface area (Å²) < 4.78 is 37.5. The summed E-state index contributed by atoms with van der Waals surface area (Å²) in [6, 6.07) is 3.99. The maximum Gasteiger partial charge on any atom is 0.418 e. The average molecular weight is 202 g/mol. The molecule has 1 aromatic carbocycles. The molecular weight excluding hydrogens is 199 g/mol. The molecule has 1 aromatic heterocycles. The predicted molar refractivity (Wildman–Crippen MR) is 43.5 cm³/mol. The highest BCUT2D eigenvalue weighted by Gasteiger charge is 2.33. The highest BCUT2D eigenvalue weighted by atomic mass is 32.1. The highest BCUT2D eigenvalue weighted by molar-refractivity contribution is 7.16. The molecule has 0 N–H and O–H groups in total. The molecule has 1 radical (unpaired) electrons. The fourth-order valence-corrected chi connectivity index (χ4v) is 1.70. The zero-order valence-electron chi connectivity index (χ0n) is 6.22. The Morgan fingerprint density at radius 3 is 2.77 bits per heavy atom. The molecule has 0 aliphatic heterocycles. The van der Waals surface area contributed by atoms with Crippen LogP contribution in [0.4, 0.5) is 13.2 Å². The lowest BCUT2D eigenvalue weighted by Crippen LogP contribution is -2.05. The van der Waals surface area contributed by atoms with Crippen molar-refractivity contribution in [2.24, 2.45) is 0 Å². The van der Waals surface area contributed by atoms with Crippen molar-refractivity contribution in [3.63, 3.8) is 0 Å². The molecular formula is C8H3F3NS. The molecule has 0 aliphatic carbocycles. The van der Waals surface area contributed by atoms with E-state index in [2.05, 4.69) is 10.5 Å². The number of fused-ring (bicyclic) bond motifs is 1. The Balaban J connectivity index is 2.75. The van der Waals surface area contributed by atoms with E-state index >= 15 is 0 Å². The van der Waals surface area contributed by atoms with Crippen LogP contribution < -0.4 is 0 Å². The summed E-state index contributed by atoms with van der Waals surface area (Å²) in [4.78, 5) is 3.56. The van der Waals surface area contributed by atoms with E-state index in [0.717, 1.165) is 17.4 Å². The van der Waals surface area contributed by atoms with Gasteiger partial charge in [-0.05, 0) is 12.1 Å². The number of para-hydroxylation sites is 1. The molecule has 13 heavy (non-hydrogen) atoms. The van der Waals surface area contributed by atoms with Gasteiger partial charge < -0.3 is 0 Å². The number of benzene rings is 1. The van der Waals surface area contributed by atoms with Gasteiger partial charge in [-0.1, -0.05) is 6.07 Å². The SMILES string of the molecule is FC(F)(F)c1cccc2s[c]nc12. The molecule has 0 unspecified atom stereocenters. The lowest BCUT2D eigenvalue weighted by molar-refractivity contribution is -0.136. The lowest BCUT2D eigenvalue weighted by atomic mass is 10.2. The second-order valence-corrected chi connectivity index (χ2v) is 3.28. The first-order valence-corrected chi connectivity index (χ1v) is 4.23. The second-order valence-electron chi connectivity index (χ2n) is 2.46. The van der Waals surface area contributed by atoms with Crippen LogP contribution in [0.25, 0.3) is 10.2 Å². The van der Waals surface area contributed by atoms with Gasteiger partial charge in [0, 0.05) is 0 Å². The van der Waals surface area contributed by atoms with Gasteiger partial charge in [0.15, 0.2) is 5.51 Å². The van der Waals surface area contributed by atoms with Gasteiger partial charge in [-0.25, -0.2) is 4.98 Å². The number of nitrogens with zero attached hydrogens (tertiary/aromatic N) is 1. The third-order valence-electron chi connectivity index (χ3n) is 1.62. The highest BCUT2D eigenvalue weighted by Crippen LogP contribution is 2.34. The number of aromatic nitrogens is 1. The normalized spacial score (nSPS) is 12.2. The molecule has 1 heterocycles. The first-order valence-electron chi connectivity index (χ1n) is 3.42. The Kier molecular flexibility index (Phi) is 1.76. The second kappa shape index (κ2) is 2.70. The van der Waals surface area contributed by atoms with E-state index < -0.39 is 11.7 Å². The van der Waals surface area contributed by atoms with E-state index in [1.165, 1.54) is 6.07 Å². The van der Waals surface area contributed by atoms with Crippen molar-refractivity contribution in [1.29, 1.82) is 0 Å². The largest absolute Gasteiger partial charge is 0.418 e. The number of halogens is 3. The monoisotopic (exact) mass is 202 g/mol. The van der Waals surface area contributed by atoms with Crippen molar-refractivity contribution >= 4 is 21.6 Å². The molecule has 2 aromatic rings. The Bertz CT molecular complexity index is 432. The van der Waals surface area contributed by atoms with Gasteiger partial charge in [0.25, 0.3) is 0 Å². The predicted octanol–water partition coefficient (Wildman–Crippen LogP) is 3.12. The maximum absolute atomic E-state index is 12.3. The van der Waals surface area contributed by atoms with E-state index in [-0.39, 0.29) is 5.52 Å². The summed E-state index contributed by atoms with van der Waals surface area (Å²) in [6.45, 7) is 0. The fraction of sp³-hybridized carbons (Fsp3) is 0.125. The van der Waals surface area contributed by atoms with Crippen LogP contribution in [-0.4, -0.2) is 4.98 Å². The van der Waals surface area contributed by atoms with Gasteiger partial charge in [-0.2, -0.15) is 13.2 Å². The number of rotatable bonds is 0. The number of hydrogen-bond donors (Lipinski definition) is 0. The minimum absolute atomic E-state index is 0.0139. The Labute approximate surface area is 75.8 Å². The standard InChI is InChI=1S/C8H3F3NS/c9-8(10,11)5-2-1-3-6-7(5)12-4-13-6/h1-3H. The van der Waals surface area contributed by atoms with Crippen molar-refractivity contribution in [2.75, 3.05) is 0 Å². The molecule has 0 fully saturated rings. The van der Waals surface area contributed by atoms with Crippen LogP contribution in [0, 0.1) is 5.51 Å². The minimum atomic E-state index is -4.33. The minimum Gasteiger partial charge on any atom is -0.233 e. The van der Waals surface area contributed by atoms with E-state index in [1.807, 2.05) is 0 Å². The summed E-state index contributed by atoms with van der Waals surface area (Å²) in [5.41, 5.74) is 1.74. The van der Waals surface area contributed by atoms with Crippen molar-refractivity contribution in [3.05, 3.63) is 29.3 Å². The first kappa shape index (κ1) is 8.50. The molecule has 0 amide bonds. The van der Waals surface area contributed by atoms with E-state index in [9.17, 15) is 13.2 Å².